The molecule has 0 unspecified atom stereocenters. The van der Waals surface area contributed by atoms with E-state index in [1.54, 1.807) is 0 Å². The van der Waals surface area contributed by atoms with Crippen LogP contribution < -0.4 is 17.2 Å². The molecule has 0 fully saturated rings. The van der Waals surface area contributed by atoms with Crippen molar-refractivity contribution in [2.45, 2.75) is 0 Å². The van der Waals surface area contributed by atoms with Gasteiger partial charge in [-0.05, 0) is 0 Å². The normalized spacial score (nSPS) is 10.7. The van der Waals surface area contributed by atoms with E-state index >= 15 is 0 Å². The summed E-state index contributed by atoms with van der Waals surface area (Å²) in [6.07, 6.45) is 0.384. The number of nitrogens with two attached hydrogens (primary N) is 3. The molecule has 0 amide bonds. The van der Waals surface area contributed by atoms with Crippen LogP contribution in [0.3, 0.4) is 0 Å². The van der Waals surface area contributed by atoms with Gasteiger partial charge < -0.3 is 26.7 Å². The number of esters is 4. The first-order chi connectivity index (χ1) is 9.35. The highest BCUT2D eigenvalue weighted by molar-refractivity contribution is 6.22. The minimum Gasteiger partial charge on any atom is -0.389 e. The van der Waals surface area contributed by atoms with E-state index in [2.05, 4.69) is 9.47 Å². The smallest absolute Gasteiger partial charge is 0.349 e. The second-order valence-electron chi connectivity index (χ2n) is 3.15. The van der Waals surface area contributed by atoms with E-state index < -0.39 is 54.9 Å². The average Bonchev–Trinajstić information content (AvgIpc) is 2.43. The maximum atomic E-state index is 11.4. The molecule has 0 aromatic carbocycles. The third-order valence-corrected chi connectivity index (χ3v) is 1.72. The number of hydrogen-bond acceptors (Lipinski definition) is 10. The van der Waals surface area contributed by atoms with Gasteiger partial charge in [-0.25, -0.2) is 9.59 Å². The van der Waals surface area contributed by atoms with E-state index in [1.807, 2.05) is 0 Å². The highest BCUT2D eigenvalue weighted by Crippen LogP contribution is 2.02. The summed E-state index contributed by atoms with van der Waals surface area (Å²) in [5.74, 6) is -5.92. The molecule has 0 saturated heterocycles. The molecule has 0 heterocycles. The number of ether oxygens (including phenoxy) is 2. The van der Waals surface area contributed by atoms with Crippen LogP contribution in [0.1, 0.15) is 0 Å². The zero-order valence-corrected chi connectivity index (χ0v) is 10.3. The quantitative estimate of drug-likeness (QED) is 0.192. The van der Waals surface area contributed by atoms with Crippen LogP contribution in [0.5, 0.6) is 0 Å². The number of rotatable bonds is 6. The molecule has 0 aliphatic rings. The molecule has 0 aromatic heterocycles. The molecule has 10 heteroatoms. The topological polar surface area (TPSA) is 182 Å². The zero-order chi connectivity index (χ0) is 15.7. The van der Waals surface area contributed by atoms with Crippen molar-refractivity contribution in [2.24, 2.45) is 17.2 Å². The van der Waals surface area contributed by atoms with E-state index in [4.69, 9.17) is 17.2 Å². The second kappa shape index (κ2) is 8.63. The Morgan fingerprint density at radius 1 is 0.800 bits per heavy atom. The number of hydrogen-bond donors (Lipinski definition) is 3. The van der Waals surface area contributed by atoms with Gasteiger partial charge in [0.25, 0.3) is 0 Å². The molecule has 0 saturated carbocycles. The number of carbonyl (C=O) groups excluding carboxylic acids is 5. The second-order valence-corrected chi connectivity index (χ2v) is 3.15. The molecule has 0 rings (SSSR count). The van der Waals surface area contributed by atoms with Crippen molar-refractivity contribution in [1.29, 1.82) is 0 Å². The van der Waals surface area contributed by atoms with Gasteiger partial charge in [0, 0.05) is 6.08 Å². The Kier molecular flexibility index (Phi) is 7.58. The van der Waals surface area contributed by atoms with Crippen molar-refractivity contribution in [3.05, 3.63) is 11.6 Å². The number of ketones is 1. The summed E-state index contributed by atoms with van der Waals surface area (Å²) in [5.41, 5.74) is 14.0. The number of carbonyl (C=O) groups is 5. The van der Waals surface area contributed by atoms with E-state index in [9.17, 15) is 24.0 Å². The summed E-state index contributed by atoms with van der Waals surface area (Å²) in [6, 6.07) is 0. The van der Waals surface area contributed by atoms with E-state index in [1.165, 1.54) is 0 Å². The highest BCUT2D eigenvalue weighted by atomic mass is 16.6. The summed E-state index contributed by atoms with van der Waals surface area (Å²) in [5, 5.41) is 0. The Bertz CT molecular complexity index is 469. The molecule has 20 heavy (non-hydrogen) atoms. The summed E-state index contributed by atoms with van der Waals surface area (Å²) < 4.78 is 8.27. The first-order valence-electron chi connectivity index (χ1n) is 5.20. The molecule has 6 N–H and O–H groups in total. The van der Waals surface area contributed by atoms with Gasteiger partial charge in [0.05, 0.1) is 19.6 Å². The molecule has 0 radical (unpaired) electrons. The molecular formula is C10H13N3O7. The van der Waals surface area contributed by atoms with Gasteiger partial charge in [0.15, 0.2) is 5.78 Å². The summed E-state index contributed by atoms with van der Waals surface area (Å²) in [6.45, 7) is -1.81. The zero-order valence-electron chi connectivity index (χ0n) is 10.3. The molecule has 0 aromatic rings. The monoisotopic (exact) mass is 287 g/mol. The van der Waals surface area contributed by atoms with Crippen molar-refractivity contribution in [3.63, 3.8) is 0 Å². The van der Waals surface area contributed by atoms with Gasteiger partial charge in [-0.2, -0.15) is 0 Å². The third-order valence-electron chi connectivity index (χ3n) is 1.72. The van der Waals surface area contributed by atoms with Gasteiger partial charge in [-0.15, -0.1) is 0 Å². The van der Waals surface area contributed by atoms with Crippen LogP contribution in [0.25, 0.3) is 0 Å². The molecule has 110 valence electrons. The van der Waals surface area contributed by atoms with Crippen LogP contribution in [0, 0.1) is 0 Å². The van der Waals surface area contributed by atoms with Gasteiger partial charge in [0.1, 0.15) is 5.57 Å². The van der Waals surface area contributed by atoms with Crippen LogP contribution >= 0.6 is 0 Å². The van der Waals surface area contributed by atoms with Crippen molar-refractivity contribution >= 4 is 29.7 Å². The van der Waals surface area contributed by atoms with Crippen LogP contribution in [-0.4, -0.2) is 49.3 Å². The Balaban J connectivity index is 5.10. The maximum Gasteiger partial charge on any atom is 0.349 e. The molecule has 0 bridgehead atoms. The molecule has 10 nitrogen and oxygen atoms in total. The van der Waals surface area contributed by atoms with Gasteiger partial charge >= 0.3 is 23.9 Å². The fourth-order valence-corrected chi connectivity index (χ4v) is 0.864. The van der Waals surface area contributed by atoms with Crippen molar-refractivity contribution in [2.75, 3.05) is 19.6 Å². The fourth-order valence-electron chi connectivity index (χ4n) is 0.864. The molecular weight excluding hydrogens is 274 g/mol. The first kappa shape index (κ1) is 17.6. The van der Waals surface area contributed by atoms with Crippen LogP contribution in [0.4, 0.5) is 0 Å². The van der Waals surface area contributed by atoms with Crippen LogP contribution in [-0.2, 0) is 33.4 Å². The largest absolute Gasteiger partial charge is 0.389 e. The first-order valence-corrected chi connectivity index (χ1v) is 5.20. The minimum atomic E-state index is -1.42. The lowest BCUT2D eigenvalue weighted by Gasteiger charge is -2.04. The SMILES string of the molecule is NCC(=O)OC(=O)/C=C(/C(=O)CN)C(=O)OC(=O)CN. The predicted molar refractivity (Wildman–Crippen MR) is 62.5 cm³/mol. The van der Waals surface area contributed by atoms with Gasteiger partial charge in [-0.3, -0.25) is 14.4 Å². The fraction of sp³-hybridized carbons (Fsp3) is 0.300. The lowest BCUT2D eigenvalue weighted by molar-refractivity contribution is -0.158. The van der Waals surface area contributed by atoms with Crippen molar-refractivity contribution in [1.82, 2.24) is 0 Å². The standard InChI is InChI=1S/C10H13N3O7/c11-2-6(14)5(10(18)20-9(17)4-13)1-7(15)19-8(16)3-12/h1H,2-4,11-13H2/b5-1-. The van der Waals surface area contributed by atoms with Crippen molar-refractivity contribution in [3.8, 4) is 0 Å². The van der Waals surface area contributed by atoms with E-state index in [-0.39, 0.29) is 0 Å². The molecule has 0 aliphatic carbocycles. The van der Waals surface area contributed by atoms with Gasteiger partial charge in [-0.1, -0.05) is 0 Å². The molecule has 0 aliphatic heterocycles. The van der Waals surface area contributed by atoms with E-state index in [0.29, 0.717) is 6.08 Å². The molecule has 0 spiro atoms. The maximum absolute atomic E-state index is 11.4. The van der Waals surface area contributed by atoms with Crippen LogP contribution in [0.15, 0.2) is 11.6 Å². The Labute approximate surface area is 112 Å². The highest BCUT2D eigenvalue weighted by Gasteiger charge is 2.23. The number of Topliss-reactive ketones (excluding diaryl/α,β-unsaturated/α-hetero) is 1. The van der Waals surface area contributed by atoms with Crippen LogP contribution in [0.2, 0.25) is 0 Å². The predicted octanol–water partition coefficient (Wildman–Crippen LogP) is -3.50. The Morgan fingerprint density at radius 2 is 1.30 bits per heavy atom. The Hall–Kier alpha value is -2.43. The summed E-state index contributed by atoms with van der Waals surface area (Å²) in [4.78, 5) is 55.6. The lowest BCUT2D eigenvalue weighted by atomic mass is 10.1. The minimum absolute atomic E-state index is 0.384. The van der Waals surface area contributed by atoms with E-state index in [0.717, 1.165) is 0 Å². The van der Waals surface area contributed by atoms with Gasteiger partial charge in [0.2, 0.25) is 0 Å². The van der Waals surface area contributed by atoms with Crippen molar-refractivity contribution < 1.29 is 33.4 Å². The molecule has 0 atom stereocenters. The lowest BCUT2D eigenvalue weighted by Crippen LogP contribution is -2.28. The summed E-state index contributed by atoms with van der Waals surface area (Å²) >= 11 is 0. The average molecular weight is 287 g/mol. The summed E-state index contributed by atoms with van der Waals surface area (Å²) in [7, 11) is 0. The third kappa shape index (κ3) is 5.95. The Morgan fingerprint density at radius 3 is 1.75 bits per heavy atom.